The Balaban J connectivity index is 0.00000343. The van der Waals surface area contributed by atoms with Gasteiger partial charge in [0.05, 0.1) is 17.1 Å². The van der Waals surface area contributed by atoms with Gasteiger partial charge in [-0.25, -0.2) is 0 Å². The molecule has 3 heterocycles. The molecule has 0 atom stereocenters. The number of para-hydroxylation sites is 2. The van der Waals surface area contributed by atoms with Gasteiger partial charge in [-0.1, -0.05) is 93.2 Å². The van der Waals surface area contributed by atoms with Crippen LogP contribution in [0.25, 0.3) is 50.3 Å². The second-order valence-corrected chi connectivity index (χ2v) is 11.2. The van der Waals surface area contributed by atoms with Gasteiger partial charge in [-0.15, -0.1) is 42.0 Å². The van der Waals surface area contributed by atoms with Gasteiger partial charge in [0.2, 0.25) is 5.88 Å². The summed E-state index contributed by atoms with van der Waals surface area (Å²) in [5, 5.41) is 6.76. The molecule has 0 N–H and O–H groups in total. The number of furan rings is 1. The zero-order chi connectivity index (χ0) is 29.5. The van der Waals surface area contributed by atoms with Gasteiger partial charge in [0, 0.05) is 11.1 Å². The topological polar surface area (TPSA) is 66.0 Å². The Morgan fingerprint density at radius 3 is 2.34 bits per heavy atom. The Kier molecular flexibility index (Phi) is 8.20. The molecule has 6 nitrogen and oxygen atoms in total. The predicted octanol–water partition coefficient (Wildman–Crippen LogP) is 9.53. The van der Waals surface area contributed by atoms with E-state index in [1.807, 2.05) is 71.4 Å². The third-order valence-corrected chi connectivity index (χ3v) is 7.64. The summed E-state index contributed by atoms with van der Waals surface area (Å²) in [6.45, 7) is 8.81. The van der Waals surface area contributed by atoms with Gasteiger partial charge >= 0.3 is 21.1 Å². The summed E-state index contributed by atoms with van der Waals surface area (Å²) in [7, 11) is 0. The Hall–Kier alpha value is -4.54. The van der Waals surface area contributed by atoms with Gasteiger partial charge < -0.3 is 9.15 Å². The first kappa shape index (κ1) is 29.5. The minimum atomic E-state index is 0. The van der Waals surface area contributed by atoms with Crippen molar-refractivity contribution in [3.05, 3.63) is 121 Å². The number of ether oxygens (including phenoxy) is 1. The molecule has 0 aliphatic heterocycles. The molecule has 7 heteroatoms. The van der Waals surface area contributed by atoms with Crippen LogP contribution in [0.1, 0.15) is 50.7 Å². The van der Waals surface area contributed by atoms with E-state index in [9.17, 15) is 0 Å². The van der Waals surface area contributed by atoms with Crippen LogP contribution in [0.3, 0.4) is 0 Å². The zero-order valence-corrected chi connectivity index (χ0v) is 27.1. The maximum atomic E-state index is 6.25. The monoisotopic (exact) mass is 757 g/mol. The van der Waals surface area contributed by atoms with Gasteiger partial charge in [-0.2, -0.15) is 5.10 Å². The number of aromatic nitrogens is 4. The molecule has 44 heavy (non-hydrogen) atoms. The minimum absolute atomic E-state index is 0. The molecule has 0 spiro atoms. The van der Waals surface area contributed by atoms with Gasteiger partial charge in [0.25, 0.3) is 0 Å². The van der Waals surface area contributed by atoms with E-state index in [2.05, 4.69) is 74.2 Å². The van der Waals surface area contributed by atoms with E-state index in [0.717, 1.165) is 38.8 Å². The fraction of sp³-hybridized carbons (Fsp3) is 0.162. The molecule has 0 saturated heterocycles. The first-order chi connectivity index (χ1) is 21.0. The first-order valence-corrected chi connectivity index (χ1v) is 14.5. The fourth-order valence-corrected chi connectivity index (χ4v) is 5.59. The number of hydrogen-bond acceptors (Lipinski definition) is 5. The average molecular weight is 758 g/mol. The number of fused-ring (bicyclic) bond motifs is 3. The predicted molar refractivity (Wildman–Crippen MR) is 170 cm³/mol. The minimum Gasteiger partial charge on any atom is -0.501 e. The number of nitrogens with zero attached hydrogens (tertiary/aromatic N) is 4. The van der Waals surface area contributed by atoms with E-state index in [4.69, 9.17) is 14.1 Å². The first-order valence-electron chi connectivity index (χ1n) is 14.5. The van der Waals surface area contributed by atoms with Crippen LogP contribution in [0.15, 0.2) is 102 Å². The maximum absolute atomic E-state index is 6.25. The number of benzene rings is 4. The van der Waals surface area contributed by atoms with E-state index in [1.165, 1.54) is 11.1 Å². The van der Waals surface area contributed by atoms with Crippen LogP contribution in [0, 0.1) is 12.1 Å². The molecule has 7 aromatic rings. The number of rotatable bonds is 7. The summed E-state index contributed by atoms with van der Waals surface area (Å²) in [6.07, 6.45) is 1.60. The maximum Gasteiger partial charge on any atom is 2.00 e. The van der Waals surface area contributed by atoms with E-state index < -0.39 is 0 Å². The largest absolute Gasteiger partial charge is 2.00 e. The van der Waals surface area contributed by atoms with Gasteiger partial charge in [-0.05, 0) is 40.8 Å². The van der Waals surface area contributed by atoms with Crippen LogP contribution < -0.4 is 4.74 Å². The van der Waals surface area contributed by atoms with Crippen molar-refractivity contribution in [2.75, 3.05) is 0 Å². The van der Waals surface area contributed by atoms with Gasteiger partial charge in [0.15, 0.2) is 0 Å². The van der Waals surface area contributed by atoms with Crippen LogP contribution in [0.2, 0.25) is 0 Å². The molecule has 3 aromatic heterocycles. The third kappa shape index (κ3) is 5.35. The van der Waals surface area contributed by atoms with Crippen LogP contribution in [0.4, 0.5) is 0 Å². The van der Waals surface area contributed by atoms with E-state index in [0.29, 0.717) is 35.0 Å². The van der Waals surface area contributed by atoms with Gasteiger partial charge in [-0.3, -0.25) is 14.6 Å². The normalized spacial score (nSPS) is 11.4. The zero-order valence-electron chi connectivity index (χ0n) is 24.8. The Morgan fingerprint density at radius 2 is 1.55 bits per heavy atom. The Bertz CT molecular complexity index is 2070. The molecule has 0 amide bonds. The Morgan fingerprint density at radius 1 is 0.795 bits per heavy atom. The molecule has 0 aliphatic rings. The van der Waals surface area contributed by atoms with Crippen molar-refractivity contribution in [3.8, 4) is 40.0 Å². The third-order valence-electron chi connectivity index (χ3n) is 7.64. The van der Waals surface area contributed by atoms with Crippen molar-refractivity contribution in [2.24, 2.45) is 0 Å². The van der Waals surface area contributed by atoms with E-state index in [1.54, 1.807) is 6.33 Å². The fourth-order valence-electron chi connectivity index (χ4n) is 5.59. The number of pyridine rings is 1. The van der Waals surface area contributed by atoms with Crippen LogP contribution in [-0.2, 0) is 21.1 Å². The average Bonchev–Trinajstić information content (AvgIpc) is 3.66. The molecule has 0 aliphatic carbocycles. The molecule has 220 valence electrons. The van der Waals surface area contributed by atoms with Crippen LogP contribution in [-0.4, -0.2) is 19.7 Å². The summed E-state index contributed by atoms with van der Waals surface area (Å²) in [5.41, 5.74) is 7.39. The Labute approximate surface area is 271 Å². The van der Waals surface area contributed by atoms with Crippen molar-refractivity contribution < 1.29 is 30.2 Å². The summed E-state index contributed by atoms with van der Waals surface area (Å²) < 4.78 is 14.4. The van der Waals surface area contributed by atoms with Crippen molar-refractivity contribution in [1.29, 1.82) is 0 Å². The molecule has 4 aromatic carbocycles. The van der Waals surface area contributed by atoms with Crippen molar-refractivity contribution in [2.45, 2.75) is 39.5 Å². The molecular formula is C37H30N4O2Pt. The van der Waals surface area contributed by atoms with Crippen LogP contribution >= 0.6 is 0 Å². The molecule has 7 rings (SSSR count). The quantitative estimate of drug-likeness (QED) is 0.152. The standard InChI is InChI=1S/C37H30N4O2.Pt/c1-23(2)27-14-8-15-28(24(3)4)35(27)41-37(38-22-39-41)25-11-7-12-26(21-25)42-34-20-10-18-32(40-34)31-17-9-16-30-29-13-5-6-19-33(29)43-36(30)31;/h5-16,18-20,22-24H,1-4H3;/q-2;+2. The molecule has 0 radical (unpaired) electrons. The second-order valence-electron chi connectivity index (χ2n) is 11.2. The smallest absolute Gasteiger partial charge is 0.501 e. The molecule has 0 fully saturated rings. The van der Waals surface area contributed by atoms with Gasteiger partial charge in [0.1, 0.15) is 11.9 Å². The molecule has 0 bridgehead atoms. The van der Waals surface area contributed by atoms with E-state index in [-0.39, 0.29) is 21.1 Å². The molecular weight excluding hydrogens is 728 g/mol. The van der Waals surface area contributed by atoms with Crippen molar-refractivity contribution in [3.63, 3.8) is 0 Å². The number of hydrogen-bond donors (Lipinski definition) is 0. The van der Waals surface area contributed by atoms with Crippen molar-refractivity contribution >= 4 is 21.9 Å². The molecule has 0 unspecified atom stereocenters. The summed E-state index contributed by atoms with van der Waals surface area (Å²) in [4.78, 5) is 9.46. The van der Waals surface area contributed by atoms with E-state index >= 15 is 0 Å². The SMILES string of the molecule is CC(C)c1cccc(C(C)C)c1-n1ncnc1-c1[c-]c(Oc2cccc(-c3[c-]ccc4c3oc3ccccc34)n2)ccc1.[Pt+2]. The van der Waals surface area contributed by atoms with Crippen molar-refractivity contribution in [1.82, 2.24) is 19.7 Å². The summed E-state index contributed by atoms with van der Waals surface area (Å²) in [5.74, 6) is 2.33. The summed E-state index contributed by atoms with van der Waals surface area (Å²) >= 11 is 0. The summed E-state index contributed by atoms with van der Waals surface area (Å²) in [6, 6.07) is 36.6. The second kappa shape index (κ2) is 12.2. The van der Waals surface area contributed by atoms with Crippen LogP contribution in [0.5, 0.6) is 11.6 Å². The molecule has 0 saturated carbocycles.